The van der Waals surface area contributed by atoms with E-state index < -0.39 is 0 Å². The number of carbonyl (C=O) groups excluding carboxylic acids is 1. The van der Waals surface area contributed by atoms with Crippen molar-refractivity contribution in [3.63, 3.8) is 0 Å². The van der Waals surface area contributed by atoms with Crippen LogP contribution in [0.3, 0.4) is 0 Å². The van der Waals surface area contributed by atoms with E-state index in [1.807, 2.05) is 12.1 Å². The number of rotatable bonds is 4. The van der Waals surface area contributed by atoms with Gasteiger partial charge in [-0.3, -0.25) is 4.79 Å². The third-order valence-electron chi connectivity index (χ3n) is 4.43. The second kappa shape index (κ2) is 6.44. The second-order valence-electron chi connectivity index (χ2n) is 5.89. The van der Waals surface area contributed by atoms with Gasteiger partial charge >= 0.3 is 0 Å². The van der Waals surface area contributed by atoms with E-state index in [0.717, 1.165) is 29.7 Å². The van der Waals surface area contributed by atoms with Crippen molar-refractivity contribution in [1.82, 2.24) is 14.6 Å². The first kappa shape index (κ1) is 16.0. The fourth-order valence-corrected chi connectivity index (χ4v) is 3.70. The van der Waals surface area contributed by atoms with Crippen molar-refractivity contribution in [2.45, 2.75) is 18.9 Å². The molecule has 0 spiro atoms. The van der Waals surface area contributed by atoms with Gasteiger partial charge in [0.2, 0.25) is 6.41 Å². The highest BCUT2D eigenvalue weighted by atomic mass is 79.9. The fraction of sp³-hybridized carbons (Fsp3) is 0.235. The van der Waals surface area contributed by atoms with Gasteiger partial charge in [0.1, 0.15) is 17.3 Å². The Hall–Kier alpha value is -2.48. The van der Waals surface area contributed by atoms with E-state index in [1.165, 1.54) is 6.07 Å². The van der Waals surface area contributed by atoms with Gasteiger partial charge in [-0.15, -0.1) is 0 Å². The van der Waals surface area contributed by atoms with Crippen LogP contribution in [-0.2, 0) is 4.79 Å². The minimum atomic E-state index is -0.214. The summed E-state index contributed by atoms with van der Waals surface area (Å²) < 4.78 is 16.8. The van der Waals surface area contributed by atoms with Gasteiger partial charge in [0.15, 0.2) is 5.65 Å². The standard InChI is InChI=1S/C17H15BrFN5O/c18-11-3-4-13(19)12(8-11)15-2-1-6-23(15)16-5-7-24-17(22-16)14(9-21-24)20-10-25/h3-5,7-10,15H,1-2,6H2,(H,20,25)/t15-/m1/s1. The number of hydrogen-bond acceptors (Lipinski definition) is 4. The molecule has 1 amide bonds. The van der Waals surface area contributed by atoms with Gasteiger partial charge in [-0.1, -0.05) is 15.9 Å². The Balaban J connectivity index is 1.75. The zero-order valence-electron chi connectivity index (χ0n) is 13.2. The number of nitrogens with zero attached hydrogens (tertiary/aromatic N) is 4. The van der Waals surface area contributed by atoms with Crippen molar-refractivity contribution < 1.29 is 9.18 Å². The van der Waals surface area contributed by atoms with Crippen molar-refractivity contribution in [2.24, 2.45) is 0 Å². The smallest absolute Gasteiger partial charge is 0.211 e. The fourth-order valence-electron chi connectivity index (χ4n) is 3.32. The number of carbonyl (C=O) groups is 1. The van der Waals surface area contributed by atoms with Crippen molar-refractivity contribution in [3.8, 4) is 0 Å². The van der Waals surface area contributed by atoms with Gasteiger partial charge < -0.3 is 10.2 Å². The minimum absolute atomic E-state index is 0.0714. The van der Waals surface area contributed by atoms with Gasteiger partial charge in [-0.2, -0.15) is 5.10 Å². The quantitative estimate of drug-likeness (QED) is 0.676. The molecule has 4 rings (SSSR count). The summed E-state index contributed by atoms with van der Waals surface area (Å²) in [6.07, 6.45) is 5.76. The summed E-state index contributed by atoms with van der Waals surface area (Å²) in [6, 6.07) is 6.80. The van der Waals surface area contributed by atoms with E-state index in [0.29, 0.717) is 23.3 Å². The van der Waals surface area contributed by atoms with Crippen LogP contribution in [0.2, 0.25) is 0 Å². The number of nitrogens with one attached hydrogen (secondary N) is 1. The Morgan fingerprint density at radius 1 is 1.36 bits per heavy atom. The Labute approximate surface area is 151 Å². The van der Waals surface area contributed by atoms with Gasteiger partial charge in [0.25, 0.3) is 0 Å². The summed E-state index contributed by atoms with van der Waals surface area (Å²) in [6.45, 7) is 0.796. The third-order valence-corrected chi connectivity index (χ3v) is 4.93. The lowest BCUT2D eigenvalue weighted by atomic mass is 10.0. The largest absolute Gasteiger partial charge is 0.349 e. The Morgan fingerprint density at radius 3 is 3.08 bits per heavy atom. The van der Waals surface area contributed by atoms with Crippen LogP contribution < -0.4 is 10.2 Å². The summed E-state index contributed by atoms with van der Waals surface area (Å²) in [5, 5.41) is 6.75. The molecule has 1 aromatic carbocycles. The molecule has 25 heavy (non-hydrogen) atoms. The SMILES string of the molecule is O=CNc1cnn2ccc(N3CCC[C@@H]3c3cc(Br)ccc3F)nc12. The van der Waals surface area contributed by atoms with E-state index in [2.05, 4.69) is 36.2 Å². The lowest BCUT2D eigenvalue weighted by Gasteiger charge is -2.26. The molecule has 1 saturated heterocycles. The number of amides is 1. The summed E-state index contributed by atoms with van der Waals surface area (Å²) in [5.41, 5.74) is 1.76. The molecule has 0 bridgehead atoms. The number of aromatic nitrogens is 3. The maximum Gasteiger partial charge on any atom is 0.211 e. The maximum atomic E-state index is 14.3. The molecule has 1 N–H and O–H groups in total. The molecule has 1 atom stereocenters. The molecule has 0 aliphatic carbocycles. The molecule has 0 saturated carbocycles. The topological polar surface area (TPSA) is 62.5 Å². The predicted molar refractivity (Wildman–Crippen MR) is 96.1 cm³/mol. The van der Waals surface area contributed by atoms with E-state index in [9.17, 15) is 9.18 Å². The summed E-state index contributed by atoms with van der Waals surface area (Å²) >= 11 is 3.42. The molecular formula is C17H15BrFN5O. The molecular weight excluding hydrogens is 389 g/mol. The Kier molecular flexibility index (Phi) is 4.12. The highest BCUT2D eigenvalue weighted by Crippen LogP contribution is 2.37. The number of hydrogen-bond donors (Lipinski definition) is 1. The molecule has 1 aliphatic heterocycles. The Morgan fingerprint density at radius 2 is 2.24 bits per heavy atom. The highest BCUT2D eigenvalue weighted by Gasteiger charge is 2.29. The number of halogens is 2. The second-order valence-corrected chi connectivity index (χ2v) is 6.81. The summed E-state index contributed by atoms with van der Waals surface area (Å²) in [4.78, 5) is 17.5. The first-order chi connectivity index (χ1) is 12.2. The van der Waals surface area contributed by atoms with Crippen molar-refractivity contribution >= 4 is 39.5 Å². The molecule has 8 heteroatoms. The lowest BCUT2D eigenvalue weighted by Crippen LogP contribution is -2.24. The molecule has 128 valence electrons. The van der Waals surface area contributed by atoms with E-state index in [4.69, 9.17) is 0 Å². The van der Waals surface area contributed by atoms with Crippen LogP contribution >= 0.6 is 15.9 Å². The van der Waals surface area contributed by atoms with Crippen molar-refractivity contribution in [3.05, 3.63) is 52.5 Å². The number of fused-ring (bicyclic) bond motifs is 1. The molecule has 0 unspecified atom stereocenters. The molecule has 0 radical (unpaired) electrons. The molecule has 2 aromatic heterocycles. The van der Waals surface area contributed by atoms with Crippen molar-refractivity contribution in [2.75, 3.05) is 16.8 Å². The van der Waals surface area contributed by atoms with Crippen LogP contribution in [0.1, 0.15) is 24.4 Å². The van der Waals surface area contributed by atoms with Gasteiger partial charge in [-0.25, -0.2) is 13.9 Å². The summed E-state index contributed by atoms with van der Waals surface area (Å²) in [5.74, 6) is 0.526. The lowest BCUT2D eigenvalue weighted by molar-refractivity contribution is -0.105. The molecule has 1 aliphatic rings. The average molecular weight is 404 g/mol. The molecule has 3 aromatic rings. The maximum absolute atomic E-state index is 14.3. The van der Waals surface area contributed by atoms with Crippen LogP contribution in [0, 0.1) is 5.82 Å². The van der Waals surface area contributed by atoms with Gasteiger partial charge in [0.05, 0.1) is 12.2 Å². The van der Waals surface area contributed by atoms with Crippen LogP contribution in [-0.4, -0.2) is 27.6 Å². The van der Waals surface area contributed by atoms with Crippen LogP contribution in [0.4, 0.5) is 15.9 Å². The van der Waals surface area contributed by atoms with E-state index in [1.54, 1.807) is 23.0 Å². The van der Waals surface area contributed by atoms with E-state index >= 15 is 0 Å². The van der Waals surface area contributed by atoms with Gasteiger partial charge in [-0.05, 0) is 37.1 Å². The van der Waals surface area contributed by atoms with Crippen LogP contribution in [0.5, 0.6) is 0 Å². The monoisotopic (exact) mass is 403 g/mol. The number of anilines is 2. The molecule has 6 nitrogen and oxygen atoms in total. The zero-order valence-corrected chi connectivity index (χ0v) is 14.8. The first-order valence-electron chi connectivity index (χ1n) is 7.93. The van der Waals surface area contributed by atoms with Crippen LogP contribution in [0.25, 0.3) is 5.65 Å². The highest BCUT2D eigenvalue weighted by molar-refractivity contribution is 9.10. The van der Waals surface area contributed by atoms with Crippen molar-refractivity contribution in [1.29, 1.82) is 0 Å². The third kappa shape index (κ3) is 2.86. The van der Waals surface area contributed by atoms with E-state index in [-0.39, 0.29) is 11.9 Å². The summed E-state index contributed by atoms with van der Waals surface area (Å²) in [7, 11) is 0. The predicted octanol–water partition coefficient (Wildman–Crippen LogP) is 3.54. The first-order valence-corrected chi connectivity index (χ1v) is 8.73. The molecule has 1 fully saturated rings. The minimum Gasteiger partial charge on any atom is -0.349 e. The average Bonchev–Trinajstić information content (AvgIpc) is 3.24. The number of benzene rings is 1. The normalized spacial score (nSPS) is 17.2. The zero-order chi connectivity index (χ0) is 17.4. The Bertz CT molecular complexity index is 944. The molecule has 3 heterocycles. The van der Waals surface area contributed by atoms with Crippen LogP contribution in [0.15, 0.2) is 41.1 Å². The van der Waals surface area contributed by atoms with Gasteiger partial charge in [0, 0.05) is 22.8 Å².